The summed E-state index contributed by atoms with van der Waals surface area (Å²) in [4.78, 5) is 1.75. The second kappa shape index (κ2) is 10.6. The van der Waals surface area contributed by atoms with Gasteiger partial charge in [-0.15, -0.1) is 30.7 Å². The third kappa shape index (κ3) is 5.70. The quantitative estimate of drug-likeness (QED) is 0.254. The molecule has 0 unspecified atom stereocenters. The van der Waals surface area contributed by atoms with Crippen LogP contribution in [-0.2, 0) is 11.8 Å². The summed E-state index contributed by atoms with van der Waals surface area (Å²) in [6.45, 7) is 21.8. The third-order valence-corrected chi connectivity index (χ3v) is 8.16. The molecule has 0 atom stereocenters. The average molecular weight is 472 g/mol. The Bertz CT molecular complexity index is 1120. The number of thiol groups is 2. The highest BCUT2D eigenvalue weighted by Gasteiger charge is 2.21. The van der Waals surface area contributed by atoms with Crippen LogP contribution in [0, 0.1) is 34.6 Å². The Balaban J connectivity index is 2.91. The smallest absolute Gasteiger partial charge is 0.115 e. The first-order chi connectivity index (χ1) is 15.1. The van der Waals surface area contributed by atoms with Crippen molar-refractivity contribution in [2.24, 2.45) is 0 Å². The van der Waals surface area contributed by atoms with Gasteiger partial charge in [-0.05, 0) is 104 Å². The van der Waals surface area contributed by atoms with E-state index in [4.69, 9.17) is 28.3 Å². The van der Waals surface area contributed by atoms with Crippen molar-refractivity contribution < 1.29 is 0 Å². The zero-order valence-electron chi connectivity index (χ0n) is 22.1. The van der Waals surface area contributed by atoms with Crippen molar-refractivity contribution in [3.05, 3.63) is 72.6 Å². The highest BCUT2D eigenvalue weighted by Crippen LogP contribution is 2.38. The molecule has 172 valence electrons. The molecule has 0 saturated heterocycles. The predicted molar refractivity (Wildman–Crippen MR) is 156 cm³/mol. The lowest BCUT2D eigenvalue weighted by Crippen LogP contribution is -2.17. The number of rotatable bonds is 5. The van der Waals surface area contributed by atoms with Gasteiger partial charge in [-0.2, -0.15) is 0 Å². The van der Waals surface area contributed by atoms with Gasteiger partial charge in [0.15, 0.2) is 0 Å². The van der Waals surface area contributed by atoms with E-state index in [9.17, 15) is 0 Å². The van der Waals surface area contributed by atoms with Crippen molar-refractivity contribution in [3.8, 4) is 0 Å². The number of allylic oxidation sites excluding steroid dienone is 3. The van der Waals surface area contributed by atoms with Crippen molar-refractivity contribution in [1.29, 1.82) is 0 Å². The fourth-order valence-electron chi connectivity index (χ4n) is 4.29. The first-order valence-electron chi connectivity index (χ1n) is 11.7. The van der Waals surface area contributed by atoms with E-state index in [-0.39, 0.29) is 5.41 Å². The van der Waals surface area contributed by atoms with Crippen molar-refractivity contribution in [3.63, 3.8) is 0 Å². The van der Waals surface area contributed by atoms with Gasteiger partial charge in [0.25, 0.3) is 0 Å². The van der Waals surface area contributed by atoms with Crippen LogP contribution in [0.1, 0.15) is 85.5 Å². The minimum Gasteiger partial charge on any atom is -0.144 e. The molecule has 4 heteroatoms. The molecule has 2 aromatic rings. The van der Waals surface area contributed by atoms with Crippen molar-refractivity contribution in [2.45, 2.75) is 92.4 Å². The maximum absolute atomic E-state index is 6.46. The summed E-state index contributed by atoms with van der Waals surface area (Å²) in [5.74, 6) is 0. The van der Waals surface area contributed by atoms with Crippen LogP contribution >= 0.6 is 25.3 Å². The van der Waals surface area contributed by atoms with Gasteiger partial charge in [-0.1, -0.05) is 56.4 Å². The molecule has 0 fully saturated rings. The fraction of sp³-hybridized carbons (Fsp3) is 0.448. The molecule has 0 spiro atoms. The summed E-state index contributed by atoms with van der Waals surface area (Å²) in [5.41, 5.74) is 13.8. The van der Waals surface area contributed by atoms with Gasteiger partial charge >= 0.3 is 0 Å². The van der Waals surface area contributed by atoms with Gasteiger partial charge in [0.1, 0.15) is 15.7 Å². The van der Waals surface area contributed by atoms with E-state index in [1.807, 2.05) is 0 Å². The SMILES string of the molecule is [B]/C(CC)=C(S)/C(=C(/C)Cc1c(C)c([B])c(S)c(C)c1C)c1cc(C(C)(C)C)cc(C)c1C. The molecule has 33 heavy (non-hydrogen) atoms. The van der Waals surface area contributed by atoms with Crippen LogP contribution in [-0.4, -0.2) is 15.7 Å². The van der Waals surface area contributed by atoms with Gasteiger partial charge in [-0.25, -0.2) is 0 Å². The Morgan fingerprint density at radius 2 is 1.52 bits per heavy atom. The lowest BCUT2D eigenvalue weighted by atomic mass is 9.78. The summed E-state index contributed by atoms with van der Waals surface area (Å²) in [7, 11) is 12.9. The van der Waals surface area contributed by atoms with Crippen LogP contribution < -0.4 is 5.46 Å². The second-order valence-corrected chi connectivity index (χ2v) is 11.3. The molecule has 0 bridgehead atoms. The lowest BCUT2D eigenvalue weighted by Gasteiger charge is -2.26. The summed E-state index contributed by atoms with van der Waals surface area (Å²) >= 11 is 9.62. The maximum atomic E-state index is 6.46. The molecule has 2 rings (SSSR count). The largest absolute Gasteiger partial charge is 0.144 e. The number of hydrogen-bond donors (Lipinski definition) is 2. The third-order valence-electron chi connectivity index (χ3n) is 7.08. The van der Waals surface area contributed by atoms with Crippen LogP contribution in [0.5, 0.6) is 0 Å². The molecule has 4 radical (unpaired) electrons. The molecule has 0 heterocycles. The summed E-state index contributed by atoms with van der Waals surface area (Å²) in [6.07, 6.45) is 1.54. The highest BCUT2D eigenvalue weighted by molar-refractivity contribution is 7.85. The standard InChI is InChI=1S/C29H38B2S2/c1-11-24(30)28(33)25(23-14-21(29(8,9)10)12-15(2)17(23)4)16(3)13-22-18(5)19(6)27(32)26(31)20(22)7/h12,14,32-33H,11,13H2,1-10H3/b25-16-,28-24-. The van der Waals surface area contributed by atoms with E-state index < -0.39 is 0 Å². The Labute approximate surface area is 216 Å². The van der Waals surface area contributed by atoms with E-state index in [1.54, 1.807) is 0 Å². The molecule has 0 aliphatic rings. The van der Waals surface area contributed by atoms with Gasteiger partial charge in [0.2, 0.25) is 0 Å². The van der Waals surface area contributed by atoms with Gasteiger partial charge in [-0.3, -0.25) is 0 Å². The summed E-state index contributed by atoms with van der Waals surface area (Å²) < 4.78 is 0. The van der Waals surface area contributed by atoms with Gasteiger partial charge in [0, 0.05) is 9.80 Å². The van der Waals surface area contributed by atoms with E-state index >= 15 is 0 Å². The normalized spacial score (nSPS) is 13.7. The van der Waals surface area contributed by atoms with E-state index in [0.29, 0.717) is 0 Å². The van der Waals surface area contributed by atoms with E-state index in [0.717, 1.165) is 50.3 Å². The fourth-order valence-corrected chi connectivity index (χ4v) is 5.09. The van der Waals surface area contributed by atoms with Gasteiger partial charge in [0.05, 0.1) is 0 Å². The van der Waals surface area contributed by atoms with Crippen LogP contribution in [0.15, 0.2) is 33.0 Å². The Morgan fingerprint density at radius 1 is 0.939 bits per heavy atom. The van der Waals surface area contributed by atoms with E-state index in [1.165, 1.54) is 39.0 Å². The Kier molecular flexibility index (Phi) is 8.96. The molecule has 0 amide bonds. The molecular weight excluding hydrogens is 434 g/mol. The molecule has 0 aromatic heterocycles. The monoisotopic (exact) mass is 472 g/mol. The molecule has 0 nitrogen and oxygen atoms in total. The minimum atomic E-state index is 0.0458. The van der Waals surface area contributed by atoms with E-state index in [2.05, 4.69) is 94.0 Å². The average Bonchev–Trinajstić information content (AvgIpc) is 2.75. The predicted octanol–water partition coefficient (Wildman–Crippen LogP) is 7.34. The molecule has 0 N–H and O–H groups in total. The van der Waals surface area contributed by atoms with Crippen LogP contribution in [0.25, 0.3) is 5.57 Å². The Morgan fingerprint density at radius 3 is 2.03 bits per heavy atom. The first kappa shape index (κ1) is 28.0. The molecule has 0 saturated carbocycles. The number of benzene rings is 2. The van der Waals surface area contributed by atoms with Crippen LogP contribution in [0.4, 0.5) is 0 Å². The zero-order valence-corrected chi connectivity index (χ0v) is 23.9. The molecular formula is C29H38B2S2. The van der Waals surface area contributed by atoms with Crippen LogP contribution in [0.2, 0.25) is 0 Å². The molecule has 2 aromatic carbocycles. The first-order valence-corrected chi connectivity index (χ1v) is 12.6. The van der Waals surface area contributed by atoms with Crippen molar-refractivity contribution >= 4 is 52.0 Å². The summed E-state index contributed by atoms with van der Waals surface area (Å²) in [5, 5.41) is 0. The summed E-state index contributed by atoms with van der Waals surface area (Å²) in [6, 6.07) is 4.64. The van der Waals surface area contributed by atoms with Crippen LogP contribution in [0.3, 0.4) is 0 Å². The number of hydrogen-bond acceptors (Lipinski definition) is 2. The molecule has 0 aliphatic carbocycles. The Hall–Kier alpha value is -1.25. The molecule has 0 aliphatic heterocycles. The van der Waals surface area contributed by atoms with Crippen molar-refractivity contribution in [2.75, 3.05) is 0 Å². The number of aryl methyl sites for hydroxylation is 1. The van der Waals surface area contributed by atoms with Crippen molar-refractivity contribution in [1.82, 2.24) is 0 Å². The lowest BCUT2D eigenvalue weighted by molar-refractivity contribution is 0.589. The topological polar surface area (TPSA) is 0 Å². The maximum Gasteiger partial charge on any atom is 0.115 e. The zero-order chi connectivity index (χ0) is 25.4. The highest BCUT2D eigenvalue weighted by atomic mass is 32.1. The minimum absolute atomic E-state index is 0.0458. The van der Waals surface area contributed by atoms with Gasteiger partial charge < -0.3 is 0 Å². The second-order valence-electron chi connectivity index (χ2n) is 10.4.